The van der Waals surface area contributed by atoms with E-state index < -0.39 is 5.91 Å². The molecule has 1 amide bonds. The fraction of sp³-hybridized carbons (Fsp3) is 0.833. The van der Waals surface area contributed by atoms with Crippen molar-refractivity contribution in [3.05, 3.63) is 17.1 Å². The van der Waals surface area contributed by atoms with E-state index >= 15 is 0 Å². The van der Waals surface area contributed by atoms with Gasteiger partial charge in [0, 0.05) is 11.6 Å². The maximum atomic E-state index is 10.7. The van der Waals surface area contributed by atoms with Crippen LogP contribution in [-0.4, -0.2) is 5.91 Å². The van der Waals surface area contributed by atoms with Crippen molar-refractivity contribution in [2.45, 2.75) is 96.8 Å². The zero-order valence-electron chi connectivity index (χ0n) is 13.8. The van der Waals surface area contributed by atoms with Gasteiger partial charge in [-0.25, -0.2) is 0 Å². The molecule has 0 rings (SSSR count). The van der Waals surface area contributed by atoms with Crippen LogP contribution in [0.1, 0.15) is 96.8 Å². The average Bonchev–Trinajstić information content (AvgIpc) is 2.50. The van der Waals surface area contributed by atoms with Crippen molar-refractivity contribution in [2.24, 2.45) is 5.18 Å². The van der Waals surface area contributed by atoms with E-state index in [2.05, 4.69) is 24.3 Å². The average molecular weight is 295 g/mol. The summed E-state index contributed by atoms with van der Waals surface area (Å²) in [4.78, 5) is 20.5. The third kappa shape index (κ3) is 17.0. The third-order valence-corrected chi connectivity index (χ3v) is 3.75. The van der Waals surface area contributed by atoms with Gasteiger partial charge in [0.05, 0.1) is 0 Å². The molecule has 0 bridgehead atoms. The molecule has 0 aromatic rings. The maximum absolute atomic E-state index is 10.7. The molecular weight excluding hydrogens is 262 g/mol. The van der Waals surface area contributed by atoms with Gasteiger partial charge in [-0.2, -0.15) is 0 Å². The first-order valence-electron chi connectivity index (χ1n) is 8.82. The van der Waals surface area contributed by atoms with Crippen molar-refractivity contribution in [1.29, 1.82) is 0 Å². The number of hydrogen-bond acceptors (Lipinski definition) is 2. The van der Waals surface area contributed by atoms with Crippen LogP contribution in [0.4, 0.5) is 0 Å². The van der Waals surface area contributed by atoms with Crippen molar-refractivity contribution in [2.75, 3.05) is 0 Å². The number of allylic oxidation sites excluding steroid dienone is 2. The molecule has 0 aliphatic heterocycles. The molecule has 122 valence electrons. The summed E-state index contributed by atoms with van der Waals surface area (Å²) in [6.07, 6.45) is 21.0. The molecule has 0 saturated heterocycles. The number of rotatable bonds is 15. The first-order valence-corrected chi connectivity index (χ1v) is 8.82. The Kier molecular flexibility index (Phi) is 16.3. The standard InChI is InChI=1S/C18H33NO2/c1-2-3-4-5-6-7-8-9-10-11-12-13-14-15-16-17-18(20)19-21/h9-10H,2-8,11-17H2,1H3. The number of nitroso groups, excluding NO2 is 1. The van der Waals surface area contributed by atoms with E-state index in [1.807, 2.05) is 0 Å². The Morgan fingerprint density at radius 3 is 1.76 bits per heavy atom. The van der Waals surface area contributed by atoms with Crippen molar-refractivity contribution < 1.29 is 4.79 Å². The molecule has 0 atom stereocenters. The van der Waals surface area contributed by atoms with Crippen LogP contribution in [0.25, 0.3) is 0 Å². The van der Waals surface area contributed by atoms with Gasteiger partial charge in [0.1, 0.15) is 0 Å². The molecule has 21 heavy (non-hydrogen) atoms. The summed E-state index contributed by atoms with van der Waals surface area (Å²) in [5.74, 6) is -0.507. The van der Waals surface area contributed by atoms with Crippen LogP contribution in [0.2, 0.25) is 0 Å². The number of nitrogens with zero attached hydrogens (tertiary/aromatic N) is 1. The van der Waals surface area contributed by atoms with Gasteiger partial charge in [-0.1, -0.05) is 70.4 Å². The van der Waals surface area contributed by atoms with Gasteiger partial charge in [0.25, 0.3) is 5.91 Å². The van der Waals surface area contributed by atoms with Gasteiger partial charge in [-0.05, 0) is 32.1 Å². The largest absolute Gasteiger partial charge is 0.286 e. The molecule has 0 fully saturated rings. The predicted octanol–water partition coefficient (Wildman–Crippen LogP) is 6.32. The van der Waals surface area contributed by atoms with E-state index in [1.54, 1.807) is 0 Å². The molecule has 0 unspecified atom stereocenters. The summed E-state index contributed by atoms with van der Waals surface area (Å²) >= 11 is 0. The van der Waals surface area contributed by atoms with Crippen LogP contribution in [0.15, 0.2) is 17.3 Å². The van der Waals surface area contributed by atoms with Gasteiger partial charge in [0.2, 0.25) is 0 Å². The molecule has 0 aromatic carbocycles. The Balaban J connectivity index is 3.11. The lowest BCUT2D eigenvalue weighted by Gasteiger charge is -1.99. The van der Waals surface area contributed by atoms with Crippen LogP contribution >= 0.6 is 0 Å². The fourth-order valence-electron chi connectivity index (χ4n) is 2.39. The highest BCUT2D eigenvalue weighted by Crippen LogP contribution is 2.10. The summed E-state index contributed by atoms with van der Waals surface area (Å²) in [5, 5.41) is 2.39. The predicted molar refractivity (Wildman–Crippen MR) is 90.3 cm³/mol. The molecule has 0 aliphatic carbocycles. The Bertz CT molecular complexity index is 274. The number of carbonyl (C=O) groups is 1. The molecule has 0 heterocycles. The molecule has 0 radical (unpaired) electrons. The number of carbonyl (C=O) groups excluding carboxylic acids is 1. The Morgan fingerprint density at radius 1 is 0.762 bits per heavy atom. The Labute approximate surface area is 130 Å². The molecule has 0 aromatic heterocycles. The zero-order valence-corrected chi connectivity index (χ0v) is 13.8. The van der Waals surface area contributed by atoms with E-state index in [1.165, 1.54) is 64.2 Å². The SMILES string of the molecule is CCCCCCCCC=CCCCCCCCC(=O)N=O. The summed E-state index contributed by atoms with van der Waals surface area (Å²) in [7, 11) is 0. The minimum absolute atomic E-state index is 0.321. The number of hydrogen-bond donors (Lipinski definition) is 0. The minimum atomic E-state index is -0.507. The Hall–Kier alpha value is -0.990. The fourth-order valence-corrected chi connectivity index (χ4v) is 2.39. The molecule has 0 spiro atoms. The van der Waals surface area contributed by atoms with Gasteiger partial charge >= 0.3 is 0 Å². The summed E-state index contributed by atoms with van der Waals surface area (Å²) in [6, 6.07) is 0. The van der Waals surface area contributed by atoms with E-state index in [-0.39, 0.29) is 0 Å². The summed E-state index contributed by atoms with van der Waals surface area (Å²) in [6.45, 7) is 2.25. The van der Waals surface area contributed by atoms with Crippen LogP contribution in [-0.2, 0) is 4.79 Å². The Morgan fingerprint density at radius 2 is 1.24 bits per heavy atom. The molecule has 0 N–H and O–H groups in total. The quantitative estimate of drug-likeness (QED) is 0.202. The van der Waals surface area contributed by atoms with Crippen molar-refractivity contribution >= 4 is 5.91 Å². The van der Waals surface area contributed by atoms with E-state index in [0.717, 1.165) is 19.3 Å². The van der Waals surface area contributed by atoms with Gasteiger partial charge < -0.3 is 0 Å². The highest BCUT2D eigenvalue weighted by atomic mass is 16.3. The van der Waals surface area contributed by atoms with E-state index in [9.17, 15) is 9.70 Å². The normalized spacial score (nSPS) is 11.1. The lowest BCUT2D eigenvalue weighted by Crippen LogP contribution is -1.90. The lowest BCUT2D eigenvalue weighted by molar-refractivity contribution is -0.118. The van der Waals surface area contributed by atoms with Crippen LogP contribution in [0, 0.1) is 4.91 Å². The molecule has 3 heteroatoms. The molecule has 3 nitrogen and oxygen atoms in total. The smallest absolute Gasteiger partial charge is 0.269 e. The molecular formula is C18H33NO2. The summed E-state index contributed by atoms with van der Waals surface area (Å²) in [5.41, 5.74) is 0. The van der Waals surface area contributed by atoms with E-state index in [0.29, 0.717) is 6.42 Å². The van der Waals surface area contributed by atoms with E-state index in [4.69, 9.17) is 0 Å². The number of unbranched alkanes of at least 4 members (excludes halogenated alkanes) is 11. The molecule has 0 saturated carbocycles. The van der Waals surface area contributed by atoms with Crippen molar-refractivity contribution in [3.63, 3.8) is 0 Å². The van der Waals surface area contributed by atoms with Gasteiger partial charge in [-0.3, -0.25) is 4.79 Å². The summed E-state index contributed by atoms with van der Waals surface area (Å²) < 4.78 is 0. The maximum Gasteiger partial charge on any atom is 0.286 e. The van der Waals surface area contributed by atoms with Crippen LogP contribution in [0.5, 0.6) is 0 Å². The van der Waals surface area contributed by atoms with Gasteiger partial charge in [0.15, 0.2) is 0 Å². The molecule has 0 aliphatic rings. The monoisotopic (exact) mass is 295 g/mol. The van der Waals surface area contributed by atoms with Crippen molar-refractivity contribution in [1.82, 2.24) is 0 Å². The second-order valence-electron chi connectivity index (χ2n) is 5.82. The van der Waals surface area contributed by atoms with Crippen LogP contribution < -0.4 is 0 Å². The first kappa shape index (κ1) is 20.0. The highest BCUT2D eigenvalue weighted by molar-refractivity contribution is 5.76. The van der Waals surface area contributed by atoms with Crippen LogP contribution in [0.3, 0.4) is 0 Å². The third-order valence-electron chi connectivity index (χ3n) is 3.75. The second-order valence-corrected chi connectivity index (χ2v) is 5.82. The lowest BCUT2D eigenvalue weighted by atomic mass is 10.1. The highest BCUT2D eigenvalue weighted by Gasteiger charge is 1.99. The number of amides is 1. The second kappa shape index (κ2) is 17.1. The zero-order chi connectivity index (χ0) is 15.6. The first-order chi connectivity index (χ1) is 10.3. The van der Waals surface area contributed by atoms with Crippen molar-refractivity contribution in [3.8, 4) is 0 Å². The topological polar surface area (TPSA) is 46.5 Å². The van der Waals surface area contributed by atoms with Gasteiger partial charge in [-0.15, -0.1) is 4.91 Å². The minimum Gasteiger partial charge on any atom is -0.269 e.